The van der Waals surface area contributed by atoms with Crippen molar-refractivity contribution in [2.24, 2.45) is 5.92 Å². The third-order valence-electron chi connectivity index (χ3n) is 6.47. The molecule has 0 spiro atoms. The fourth-order valence-corrected chi connectivity index (χ4v) is 6.71. The first kappa shape index (κ1) is 29.4. The van der Waals surface area contributed by atoms with Crippen molar-refractivity contribution in [3.8, 4) is 0 Å². The van der Waals surface area contributed by atoms with Gasteiger partial charge in [0.05, 0.1) is 42.1 Å². The van der Waals surface area contributed by atoms with Crippen molar-refractivity contribution in [3.05, 3.63) is 47.9 Å². The van der Waals surface area contributed by atoms with E-state index in [0.29, 0.717) is 12.3 Å². The fourth-order valence-electron chi connectivity index (χ4n) is 4.55. The van der Waals surface area contributed by atoms with Crippen LogP contribution in [0.2, 0.25) is 0 Å². The van der Waals surface area contributed by atoms with Gasteiger partial charge >= 0.3 is 7.60 Å². The number of nitrogens with one attached hydrogen (secondary N) is 1. The number of carbonyl (C=O) groups is 1. The Kier molecular flexibility index (Phi) is 10.4. The Hall–Kier alpha value is -2.17. The summed E-state index contributed by atoms with van der Waals surface area (Å²) in [6, 6.07) is 6.40. The minimum absolute atomic E-state index is 0.00243. The van der Waals surface area contributed by atoms with Gasteiger partial charge in [0, 0.05) is 6.26 Å². The molecule has 1 amide bonds. The number of aliphatic hydroxyl groups excluding tert-OH is 1. The second-order valence-corrected chi connectivity index (χ2v) is 13.3. The van der Waals surface area contributed by atoms with Crippen molar-refractivity contribution in [1.82, 2.24) is 9.97 Å². The lowest BCUT2D eigenvalue weighted by atomic mass is 9.89. The third-order valence-corrected chi connectivity index (χ3v) is 9.70. The molecule has 0 bridgehead atoms. The zero-order chi connectivity index (χ0) is 27.1. The monoisotopic (exact) mass is 553 g/mol. The predicted octanol–water partition coefficient (Wildman–Crippen LogP) is 4.83. The Morgan fingerprint density at radius 1 is 1.11 bits per heavy atom. The fraction of sp³-hybridized carbons (Fsp3) is 0.560. The minimum atomic E-state index is -3.84. The molecule has 1 aliphatic rings. The highest BCUT2D eigenvalue weighted by Gasteiger charge is 2.36. The number of amides is 1. The van der Waals surface area contributed by atoms with E-state index >= 15 is 0 Å². The van der Waals surface area contributed by atoms with Gasteiger partial charge in [0.15, 0.2) is 21.5 Å². The van der Waals surface area contributed by atoms with Crippen molar-refractivity contribution in [1.29, 1.82) is 0 Å². The van der Waals surface area contributed by atoms with Crippen LogP contribution in [0.1, 0.15) is 75.4 Å². The number of carbonyl (C=O) groups excluding carboxylic acids is 1. The number of rotatable bonds is 13. The van der Waals surface area contributed by atoms with Crippen LogP contribution in [0.15, 0.2) is 41.6 Å². The number of hydrogen-bond donors (Lipinski definition) is 2. The zero-order valence-electron chi connectivity index (χ0n) is 21.5. The zero-order valence-corrected chi connectivity index (χ0v) is 23.2. The van der Waals surface area contributed by atoms with Gasteiger partial charge in [-0.05, 0) is 50.3 Å². The molecule has 2 aromatic rings. The van der Waals surface area contributed by atoms with E-state index < -0.39 is 29.2 Å². The Bertz CT molecular complexity index is 1170. The summed E-state index contributed by atoms with van der Waals surface area (Å²) in [5.74, 6) is -1.66. The molecular weight excluding hydrogens is 517 g/mol. The van der Waals surface area contributed by atoms with E-state index in [0.717, 1.165) is 31.1 Å². The number of benzene rings is 1. The van der Waals surface area contributed by atoms with Crippen LogP contribution in [0.4, 0.5) is 5.82 Å². The van der Waals surface area contributed by atoms with E-state index in [4.69, 9.17) is 9.05 Å². The van der Waals surface area contributed by atoms with Gasteiger partial charge in [-0.1, -0.05) is 37.8 Å². The molecule has 1 unspecified atom stereocenters. The van der Waals surface area contributed by atoms with E-state index in [-0.39, 0.29) is 35.5 Å². The number of sulfone groups is 1. The summed E-state index contributed by atoms with van der Waals surface area (Å²) < 4.78 is 46.9. The standard InChI is InChI=1S/C25H36N3O7PS/c1-4-34-36(31,35-5-2)25(30)22-16-27-23(17-26-22)28-24(29)21(15-10-18-8-6-7-9-18)19-11-13-20(14-12-19)37(3,32)33/h11-14,16-18,21,25,30H,4-10,15H2,1-3H3,(H,27,28,29)/t21-,25?/m1/s1. The Balaban J connectivity index is 1.76. The van der Waals surface area contributed by atoms with Crippen LogP contribution in [0.5, 0.6) is 0 Å². The topological polar surface area (TPSA) is 145 Å². The average molecular weight is 554 g/mol. The smallest absolute Gasteiger partial charge is 0.365 e. The van der Waals surface area contributed by atoms with Crippen LogP contribution in [0.25, 0.3) is 0 Å². The summed E-state index contributed by atoms with van der Waals surface area (Å²) in [7, 11) is -7.19. The van der Waals surface area contributed by atoms with Gasteiger partial charge in [0.25, 0.3) is 0 Å². The number of nitrogens with zero attached hydrogens (tertiary/aromatic N) is 2. The van der Waals surface area contributed by atoms with Gasteiger partial charge in [-0.25, -0.2) is 13.4 Å². The van der Waals surface area contributed by atoms with Gasteiger partial charge < -0.3 is 19.5 Å². The van der Waals surface area contributed by atoms with Crippen molar-refractivity contribution >= 4 is 29.2 Å². The molecule has 0 radical (unpaired) electrons. The molecule has 12 heteroatoms. The van der Waals surface area contributed by atoms with Gasteiger partial charge in [0.1, 0.15) is 0 Å². The Morgan fingerprint density at radius 2 is 1.73 bits per heavy atom. The van der Waals surface area contributed by atoms with Gasteiger partial charge in [-0.15, -0.1) is 0 Å². The number of anilines is 1. The van der Waals surface area contributed by atoms with Crippen molar-refractivity contribution in [2.75, 3.05) is 24.8 Å². The van der Waals surface area contributed by atoms with E-state index in [2.05, 4.69) is 15.3 Å². The van der Waals surface area contributed by atoms with Gasteiger partial charge in [0.2, 0.25) is 5.91 Å². The predicted molar refractivity (Wildman–Crippen MR) is 140 cm³/mol. The third kappa shape index (κ3) is 7.91. The SMILES string of the molecule is CCOP(=O)(OCC)C(O)c1cnc(NC(=O)[C@H](CCC2CCCC2)c2ccc(S(C)(=O)=O)cc2)cn1. The second kappa shape index (κ2) is 13.1. The van der Waals surface area contributed by atoms with Gasteiger partial charge in [-0.3, -0.25) is 14.3 Å². The summed E-state index contributed by atoms with van der Waals surface area (Å²) in [4.78, 5) is 21.8. The summed E-state index contributed by atoms with van der Waals surface area (Å²) in [6.45, 7) is 3.45. The molecule has 0 aliphatic heterocycles. The minimum Gasteiger partial charge on any atom is -0.375 e. The van der Waals surface area contributed by atoms with E-state index in [1.165, 1.54) is 37.4 Å². The van der Waals surface area contributed by atoms with Crippen LogP contribution in [-0.2, 0) is 28.2 Å². The Labute approximate surface area is 218 Å². The molecule has 3 rings (SSSR count). The molecule has 1 aliphatic carbocycles. The lowest BCUT2D eigenvalue weighted by molar-refractivity contribution is -0.117. The van der Waals surface area contributed by atoms with E-state index in [9.17, 15) is 22.9 Å². The normalized spacial score (nSPS) is 16.4. The molecule has 1 fully saturated rings. The van der Waals surface area contributed by atoms with Crippen LogP contribution >= 0.6 is 7.60 Å². The molecular formula is C25H36N3O7PS. The number of aliphatic hydroxyl groups is 1. The molecule has 1 aromatic heterocycles. The summed E-state index contributed by atoms with van der Waals surface area (Å²) >= 11 is 0. The van der Waals surface area contributed by atoms with Crippen LogP contribution in [0, 0.1) is 5.92 Å². The van der Waals surface area contributed by atoms with E-state index in [1.54, 1.807) is 26.0 Å². The molecule has 2 atom stereocenters. The summed E-state index contributed by atoms with van der Waals surface area (Å²) in [5, 5.41) is 13.3. The molecule has 0 saturated heterocycles. The number of hydrogen-bond acceptors (Lipinski definition) is 9. The first-order valence-electron chi connectivity index (χ1n) is 12.6. The quantitative estimate of drug-likeness (QED) is 0.333. The molecule has 1 aromatic carbocycles. The molecule has 2 N–H and O–H groups in total. The maximum atomic E-state index is 13.3. The van der Waals surface area contributed by atoms with Crippen molar-refractivity contribution in [2.45, 2.75) is 69.0 Å². The van der Waals surface area contributed by atoms with Crippen molar-refractivity contribution < 1.29 is 31.9 Å². The molecule has 1 saturated carbocycles. The number of aromatic nitrogens is 2. The first-order valence-corrected chi connectivity index (χ1v) is 16.1. The highest BCUT2D eigenvalue weighted by molar-refractivity contribution is 7.90. The largest absolute Gasteiger partial charge is 0.375 e. The lowest BCUT2D eigenvalue weighted by Crippen LogP contribution is -2.23. The average Bonchev–Trinajstić information content (AvgIpc) is 3.38. The highest BCUT2D eigenvalue weighted by Crippen LogP contribution is 2.59. The lowest BCUT2D eigenvalue weighted by Gasteiger charge is -2.22. The first-order chi connectivity index (χ1) is 17.6. The summed E-state index contributed by atoms with van der Waals surface area (Å²) in [5.41, 5.74) is 0.717. The van der Waals surface area contributed by atoms with Crippen LogP contribution in [-0.4, -0.2) is 48.9 Å². The summed E-state index contributed by atoms with van der Waals surface area (Å²) in [6.07, 6.45) is 9.88. The molecule has 37 heavy (non-hydrogen) atoms. The van der Waals surface area contributed by atoms with Gasteiger partial charge in [-0.2, -0.15) is 0 Å². The maximum absolute atomic E-state index is 13.3. The Morgan fingerprint density at radius 3 is 2.24 bits per heavy atom. The maximum Gasteiger partial charge on any atom is 0.365 e. The van der Waals surface area contributed by atoms with E-state index in [1.807, 2.05) is 0 Å². The van der Waals surface area contributed by atoms with Crippen LogP contribution < -0.4 is 5.32 Å². The molecule has 10 nitrogen and oxygen atoms in total. The second-order valence-electron chi connectivity index (χ2n) is 9.19. The molecule has 204 valence electrons. The van der Waals surface area contributed by atoms with Crippen LogP contribution in [0.3, 0.4) is 0 Å². The highest BCUT2D eigenvalue weighted by atomic mass is 32.2. The van der Waals surface area contributed by atoms with Crippen molar-refractivity contribution in [3.63, 3.8) is 0 Å². The molecule has 1 heterocycles.